The van der Waals surface area contributed by atoms with Gasteiger partial charge in [-0.05, 0) is 18.2 Å². The average Bonchev–Trinajstić information content (AvgIpc) is 2.72. The zero-order valence-electron chi connectivity index (χ0n) is 9.16. The topological polar surface area (TPSA) is 83.8 Å². The molecule has 0 aliphatic rings. The number of carbonyl (C=O) groups excluding carboxylic acids is 1. The number of nitrogens with two attached hydrogens (primary N) is 1. The Labute approximate surface area is 98.4 Å². The van der Waals surface area contributed by atoms with E-state index in [0.29, 0.717) is 29.7 Å². The van der Waals surface area contributed by atoms with Gasteiger partial charge < -0.3 is 11.1 Å². The summed E-state index contributed by atoms with van der Waals surface area (Å²) >= 11 is 0. The smallest absolute Gasteiger partial charge is 0.272 e. The van der Waals surface area contributed by atoms with Crippen LogP contribution in [0.1, 0.15) is 16.9 Å². The second kappa shape index (κ2) is 4.58. The Morgan fingerprint density at radius 2 is 2.41 bits per heavy atom. The molecule has 0 saturated heterocycles. The first-order chi connectivity index (χ1) is 8.22. The summed E-state index contributed by atoms with van der Waals surface area (Å²) in [4.78, 5) is 11.8. The summed E-state index contributed by atoms with van der Waals surface area (Å²) in [7, 11) is 0. The lowest BCUT2D eigenvalue weighted by Crippen LogP contribution is -2.24. The van der Waals surface area contributed by atoms with E-state index in [1.54, 1.807) is 18.2 Å². The Balaban J connectivity index is 2.26. The van der Waals surface area contributed by atoms with Crippen LogP contribution in [0, 0.1) is 12.3 Å². The summed E-state index contributed by atoms with van der Waals surface area (Å²) in [6.07, 6.45) is 5.60. The largest absolute Gasteiger partial charge is 0.399 e. The van der Waals surface area contributed by atoms with E-state index in [0.717, 1.165) is 5.52 Å². The second-order valence-corrected chi connectivity index (χ2v) is 3.59. The van der Waals surface area contributed by atoms with Crippen LogP contribution in [0.3, 0.4) is 0 Å². The molecule has 86 valence electrons. The average molecular weight is 228 g/mol. The molecular formula is C12H12N4O. The summed E-state index contributed by atoms with van der Waals surface area (Å²) in [6, 6.07) is 5.26. The molecule has 0 fully saturated rings. The van der Waals surface area contributed by atoms with Gasteiger partial charge in [-0.1, -0.05) is 0 Å². The molecule has 4 N–H and O–H groups in total. The number of hydrogen-bond donors (Lipinski definition) is 3. The minimum absolute atomic E-state index is 0.253. The van der Waals surface area contributed by atoms with Crippen LogP contribution in [-0.4, -0.2) is 22.6 Å². The molecule has 0 aliphatic carbocycles. The fraction of sp³-hybridized carbons (Fsp3) is 0.167. The van der Waals surface area contributed by atoms with Crippen molar-refractivity contribution in [3.63, 3.8) is 0 Å². The van der Waals surface area contributed by atoms with Crippen LogP contribution < -0.4 is 11.1 Å². The van der Waals surface area contributed by atoms with Crippen molar-refractivity contribution in [1.82, 2.24) is 15.5 Å². The highest BCUT2D eigenvalue weighted by molar-refractivity contribution is 6.05. The first-order valence-electron chi connectivity index (χ1n) is 5.17. The summed E-state index contributed by atoms with van der Waals surface area (Å²) in [5.41, 5.74) is 7.38. The molecule has 5 nitrogen and oxygen atoms in total. The highest BCUT2D eigenvalue weighted by Crippen LogP contribution is 2.18. The third-order valence-corrected chi connectivity index (χ3v) is 2.36. The van der Waals surface area contributed by atoms with Gasteiger partial charge in [0.15, 0.2) is 5.69 Å². The van der Waals surface area contributed by atoms with E-state index < -0.39 is 0 Å². The summed E-state index contributed by atoms with van der Waals surface area (Å²) in [6.45, 7) is 0.437. The number of benzene rings is 1. The molecule has 0 atom stereocenters. The molecule has 1 aromatic carbocycles. The maximum atomic E-state index is 11.8. The SMILES string of the molecule is C#CCCNC(=O)c1n[nH]c2ccc(N)cc12. The number of hydrogen-bond acceptors (Lipinski definition) is 3. The van der Waals surface area contributed by atoms with E-state index in [2.05, 4.69) is 21.4 Å². The van der Waals surface area contributed by atoms with Gasteiger partial charge in [-0.15, -0.1) is 12.3 Å². The Morgan fingerprint density at radius 1 is 1.59 bits per heavy atom. The number of fused-ring (bicyclic) bond motifs is 1. The van der Waals surface area contributed by atoms with Crippen LogP contribution in [0.25, 0.3) is 10.9 Å². The molecule has 1 aromatic heterocycles. The molecule has 5 heteroatoms. The summed E-state index contributed by atoms with van der Waals surface area (Å²) in [5.74, 6) is 2.20. The molecule has 0 bridgehead atoms. The van der Waals surface area contributed by atoms with Gasteiger partial charge in [-0.2, -0.15) is 5.10 Å². The minimum atomic E-state index is -0.253. The normalized spacial score (nSPS) is 10.1. The zero-order valence-corrected chi connectivity index (χ0v) is 9.16. The van der Waals surface area contributed by atoms with Crippen molar-refractivity contribution in [3.8, 4) is 12.3 Å². The van der Waals surface area contributed by atoms with E-state index in [1.165, 1.54) is 0 Å². The molecular weight excluding hydrogens is 216 g/mol. The number of aromatic amines is 1. The highest BCUT2D eigenvalue weighted by atomic mass is 16.1. The number of aromatic nitrogens is 2. The fourth-order valence-corrected chi connectivity index (χ4v) is 1.54. The van der Waals surface area contributed by atoms with Crippen molar-refractivity contribution in [2.45, 2.75) is 6.42 Å². The molecule has 0 spiro atoms. The van der Waals surface area contributed by atoms with Crippen LogP contribution in [0.2, 0.25) is 0 Å². The maximum absolute atomic E-state index is 11.8. The number of terminal acetylenes is 1. The molecule has 0 radical (unpaired) electrons. The second-order valence-electron chi connectivity index (χ2n) is 3.59. The van der Waals surface area contributed by atoms with Gasteiger partial charge in [0.25, 0.3) is 5.91 Å². The Bertz CT molecular complexity index is 594. The maximum Gasteiger partial charge on any atom is 0.272 e. The van der Waals surface area contributed by atoms with Gasteiger partial charge in [0.1, 0.15) is 0 Å². The van der Waals surface area contributed by atoms with Crippen molar-refractivity contribution in [2.75, 3.05) is 12.3 Å². The molecule has 1 amide bonds. The molecule has 17 heavy (non-hydrogen) atoms. The van der Waals surface area contributed by atoms with Gasteiger partial charge in [0, 0.05) is 24.0 Å². The standard InChI is InChI=1S/C12H12N4O/c1-2-3-6-14-12(17)11-9-7-8(13)4-5-10(9)15-16-11/h1,4-5,7H,3,6,13H2,(H,14,17)(H,15,16). The first kappa shape index (κ1) is 11.0. The van der Waals surface area contributed by atoms with Crippen molar-refractivity contribution in [3.05, 3.63) is 23.9 Å². The van der Waals surface area contributed by atoms with Gasteiger partial charge in [0.05, 0.1) is 5.52 Å². The minimum Gasteiger partial charge on any atom is -0.399 e. The predicted octanol–water partition coefficient (Wildman–Crippen LogP) is 0.898. The Hall–Kier alpha value is -2.48. The monoisotopic (exact) mass is 228 g/mol. The number of H-pyrrole nitrogens is 1. The number of carbonyl (C=O) groups is 1. The quantitative estimate of drug-likeness (QED) is 0.414. The Morgan fingerprint density at radius 3 is 3.18 bits per heavy atom. The first-order valence-corrected chi connectivity index (χ1v) is 5.17. The molecule has 1 heterocycles. The van der Waals surface area contributed by atoms with Gasteiger partial charge in [0.2, 0.25) is 0 Å². The van der Waals surface area contributed by atoms with E-state index in [1.807, 2.05) is 0 Å². The molecule has 0 saturated carbocycles. The van der Waals surface area contributed by atoms with Gasteiger partial charge in [-0.3, -0.25) is 9.89 Å². The van der Waals surface area contributed by atoms with Crippen LogP contribution in [0.4, 0.5) is 5.69 Å². The Kier molecular flexibility index (Phi) is 2.97. The molecule has 2 aromatic rings. The number of nitrogens with zero attached hydrogens (tertiary/aromatic N) is 1. The van der Waals surface area contributed by atoms with Crippen molar-refractivity contribution >= 4 is 22.5 Å². The van der Waals surface area contributed by atoms with E-state index in [9.17, 15) is 4.79 Å². The van der Waals surface area contributed by atoms with Crippen molar-refractivity contribution in [1.29, 1.82) is 0 Å². The lowest BCUT2D eigenvalue weighted by molar-refractivity contribution is 0.0951. The van der Waals surface area contributed by atoms with Crippen LogP contribution in [-0.2, 0) is 0 Å². The van der Waals surface area contributed by atoms with Crippen LogP contribution >= 0.6 is 0 Å². The van der Waals surface area contributed by atoms with Crippen molar-refractivity contribution < 1.29 is 4.79 Å². The van der Waals surface area contributed by atoms with Crippen molar-refractivity contribution in [2.24, 2.45) is 0 Å². The van der Waals surface area contributed by atoms with E-state index >= 15 is 0 Å². The lowest BCUT2D eigenvalue weighted by atomic mass is 10.2. The van der Waals surface area contributed by atoms with E-state index in [-0.39, 0.29) is 5.91 Å². The number of amides is 1. The number of anilines is 1. The zero-order chi connectivity index (χ0) is 12.3. The number of nitrogen functional groups attached to an aromatic ring is 1. The number of nitrogens with one attached hydrogen (secondary N) is 2. The number of rotatable bonds is 3. The summed E-state index contributed by atoms with van der Waals surface area (Å²) in [5, 5.41) is 10.2. The van der Waals surface area contributed by atoms with Gasteiger partial charge >= 0.3 is 0 Å². The summed E-state index contributed by atoms with van der Waals surface area (Å²) < 4.78 is 0. The molecule has 0 unspecified atom stereocenters. The van der Waals surface area contributed by atoms with E-state index in [4.69, 9.17) is 12.2 Å². The predicted molar refractivity (Wildman–Crippen MR) is 66.3 cm³/mol. The molecule has 2 rings (SSSR count). The van der Waals surface area contributed by atoms with Crippen LogP contribution in [0.15, 0.2) is 18.2 Å². The third kappa shape index (κ3) is 2.21. The lowest BCUT2D eigenvalue weighted by Gasteiger charge is -2.00. The third-order valence-electron chi connectivity index (χ3n) is 2.36. The van der Waals surface area contributed by atoms with Gasteiger partial charge in [-0.25, -0.2) is 0 Å². The fourth-order valence-electron chi connectivity index (χ4n) is 1.54. The highest BCUT2D eigenvalue weighted by Gasteiger charge is 2.13. The molecule has 0 aliphatic heterocycles. The van der Waals surface area contributed by atoms with Crippen LogP contribution in [0.5, 0.6) is 0 Å².